The largest absolute Gasteiger partial charge is 0.480 e. The first-order valence-corrected chi connectivity index (χ1v) is 5.32. The molecule has 0 fully saturated rings. The van der Waals surface area contributed by atoms with Gasteiger partial charge in [-0.1, -0.05) is 6.92 Å². The Hall–Kier alpha value is -1.14. The highest BCUT2D eigenvalue weighted by Gasteiger charge is 2.21. The Morgan fingerprint density at radius 1 is 1.50 bits per heavy atom. The van der Waals surface area contributed by atoms with Crippen molar-refractivity contribution in [2.45, 2.75) is 26.3 Å². The molecule has 94 valence electrons. The van der Waals surface area contributed by atoms with Crippen LogP contribution in [0.3, 0.4) is 0 Å². The summed E-state index contributed by atoms with van der Waals surface area (Å²) >= 11 is 0. The number of amides is 1. The maximum atomic E-state index is 11.7. The fourth-order valence-electron chi connectivity index (χ4n) is 1.18. The van der Waals surface area contributed by atoms with Crippen molar-refractivity contribution in [1.29, 1.82) is 0 Å². The highest BCUT2D eigenvalue weighted by atomic mass is 16.5. The highest BCUT2D eigenvalue weighted by Crippen LogP contribution is 2.04. The summed E-state index contributed by atoms with van der Waals surface area (Å²) in [5.74, 6) is -1.34. The molecule has 0 aliphatic rings. The van der Waals surface area contributed by atoms with E-state index >= 15 is 0 Å². The normalized spacial score (nSPS) is 12.2. The Labute approximate surface area is 95.4 Å². The van der Waals surface area contributed by atoms with Crippen LogP contribution in [0.4, 0.5) is 0 Å². The summed E-state index contributed by atoms with van der Waals surface area (Å²) < 4.78 is 4.99. The van der Waals surface area contributed by atoms with Crippen molar-refractivity contribution in [3.05, 3.63) is 0 Å². The lowest BCUT2D eigenvalue weighted by Crippen LogP contribution is -2.43. The molecule has 0 aromatic heterocycles. The van der Waals surface area contributed by atoms with Crippen LogP contribution in [0.25, 0.3) is 0 Å². The summed E-state index contributed by atoms with van der Waals surface area (Å²) in [7, 11) is 0. The van der Waals surface area contributed by atoms with Gasteiger partial charge in [0, 0.05) is 12.6 Å². The van der Waals surface area contributed by atoms with Crippen LogP contribution in [0.2, 0.25) is 0 Å². The van der Waals surface area contributed by atoms with Crippen molar-refractivity contribution in [3.63, 3.8) is 0 Å². The van der Waals surface area contributed by atoms with Gasteiger partial charge in [0.25, 0.3) is 0 Å². The van der Waals surface area contributed by atoms with Crippen molar-refractivity contribution in [3.8, 4) is 0 Å². The van der Waals surface area contributed by atoms with Crippen molar-refractivity contribution in [2.24, 2.45) is 5.73 Å². The van der Waals surface area contributed by atoms with Crippen molar-refractivity contribution in [1.82, 2.24) is 4.90 Å². The number of carbonyl (C=O) groups excluding carboxylic acids is 1. The third-order valence-electron chi connectivity index (χ3n) is 2.24. The Bertz CT molecular complexity index is 233. The second kappa shape index (κ2) is 8.06. The second-order valence-electron chi connectivity index (χ2n) is 3.51. The lowest BCUT2D eigenvalue weighted by molar-refractivity contribution is -0.148. The zero-order valence-corrected chi connectivity index (χ0v) is 9.81. The van der Waals surface area contributed by atoms with Crippen LogP contribution >= 0.6 is 0 Å². The van der Waals surface area contributed by atoms with Crippen LogP contribution in [0.5, 0.6) is 0 Å². The first-order chi connectivity index (χ1) is 7.52. The lowest BCUT2D eigenvalue weighted by Gasteiger charge is -2.26. The Balaban J connectivity index is 4.26. The van der Waals surface area contributed by atoms with Gasteiger partial charge in [0.1, 0.15) is 13.2 Å². The molecule has 0 aliphatic carbocycles. The van der Waals surface area contributed by atoms with Crippen LogP contribution in [-0.2, 0) is 14.3 Å². The zero-order chi connectivity index (χ0) is 12.6. The molecule has 1 atom stereocenters. The van der Waals surface area contributed by atoms with E-state index in [4.69, 9.17) is 15.6 Å². The average Bonchev–Trinajstić information content (AvgIpc) is 2.24. The molecule has 16 heavy (non-hydrogen) atoms. The van der Waals surface area contributed by atoms with E-state index in [0.29, 0.717) is 19.6 Å². The van der Waals surface area contributed by atoms with E-state index in [1.54, 1.807) is 0 Å². The van der Waals surface area contributed by atoms with Gasteiger partial charge in [-0.3, -0.25) is 9.59 Å². The van der Waals surface area contributed by atoms with Gasteiger partial charge in [-0.05, 0) is 13.3 Å². The van der Waals surface area contributed by atoms with Crippen LogP contribution in [0.1, 0.15) is 20.3 Å². The minimum Gasteiger partial charge on any atom is -0.480 e. The van der Waals surface area contributed by atoms with Crippen LogP contribution in [-0.4, -0.2) is 54.2 Å². The molecular formula is C10H20N2O4. The number of carbonyl (C=O) groups is 2. The van der Waals surface area contributed by atoms with E-state index in [9.17, 15) is 9.59 Å². The summed E-state index contributed by atoms with van der Waals surface area (Å²) in [5.41, 5.74) is 5.21. The van der Waals surface area contributed by atoms with Gasteiger partial charge in [-0.25, -0.2) is 0 Å². The van der Waals surface area contributed by atoms with Gasteiger partial charge in [-0.2, -0.15) is 0 Å². The molecule has 0 spiro atoms. The molecule has 0 aliphatic heterocycles. The molecule has 0 saturated carbocycles. The van der Waals surface area contributed by atoms with Gasteiger partial charge in [0.2, 0.25) is 5.91 Å². The van der Waals surface area contributed by atoms with Gasteiger partial charge in [-0.15, -0.1) is 0 Å². The third-order valence-corrected chi connectivity index (χ3v) is 2.24. The number of aliphatic carboxylic acids is 1. The van der Waals surface area contributed by atoms with Crippen molar-refractivity contribution >= 4 is 11.9 Å². The fourth-order valence-corrected chi connectivity index (χ4v) is 1.18. The summed E-state index contributed by atoms with van der Waals surface area (Å²) in [4.78, 5) is 23.6. The van der Waals surface area contributed by atoms with Crippen LogP contribution in [0, 0.1) is 0 Å². The molecule has 1 amide bonds. The van der Waals surface area contributed by atoms with Gasteiger partial charge >= 0.3 is 5.97 Å². The first kappa shape index (κ1) is 14.9. The molecule has 1 unspecified atom stereocenters. The Morgan fingerprint density at radius 2 is 2.12 bits per heavy atom. The third kappa shape index (κ3) is 5.67. The van der Waals surface area contributed by atoms with Gasteiger partial charge < -0.3 is 20.5 Å². The van der Waals surface area contributed by atoms with E-state index in [2.05, 4.69) is 0 Å². The molecule has 0 saturated heterocycles. The molecule has 0 rings (SSSR count). The van der Waals surface area contributed by atoms with E-state index < -0.39 is 5.97 Å². The molecule has 0 aromatic carbocycles. The van der Waals surface area contributed by atoms with Crippen LogP contribution < -0.4 is 5.73 Å². The molecule has 6 heteroatoms. The predicted molar refractivity (Wildman–Crippen MR) is 59.0 cm³/mol. The summed E-state index contributed by atoms with van der Waals surface area (Å²) in [6, 6.07) is -0.106. The first-order valence-electron chi connectivity index (χ1n) is 5.32. The minimum absolute atomic E-state index is 0.106. The van der Waals surface area contributed by atoms with Gasteiger partial charge in [0.05, 0.1) is 6.61 Å². The molecule has 0 bridgehead atoms. The van der Waals surface area contributed by atoms with Crippen molar-refractivity contribution < 1.29 is 19.4 Å². The number of nitrogens with two attached hydrogens (primary N) is 1. The van der Waals surface area contributed by atoms with Crippen molar-refractivity contribution in [2.75, 3.05) is 26.3 Å². The summed E-state index contributed by atoms with van der Waals surface area (Å²) in [6.45, 7) is 3.94. The molecular weight excluding hydrogens is 212 g/mol. The monoisotopic (exact) mass is 232 g/mol. The maximum Gasteiger partial charge on any atom is 0.323 e. The number of hydrogen-bond acceptors (Lipinski definition) is 4. The maximum absolute atomic E-state index is 11.7. The SMILES string of the molecule is CCC(C)N(CC(=O)O)C(=O)COCCN. The Morgan fingerprint density at radius 3 is 2.56 bits per heavy atom. The fraction of sp³-hybridized carbons (Fsp3) is 0.800. The molecule has 0 heterocycles. The topological polar surface area (TPSA) is 92.9 Å². The predicted octanol–water partition coefficient (Wildman–Crippen LogP) is -0.327. The Kier molecular flexibility index (Phi) is 7.49. The summed E-state index contributed by atoms with van der Waals surface area (Å²) in [6.07, 6.45) is 0.704. The number of carboxylic acids is 1. The van der Waals surface area contributed by atoms with Crippen LogP contribution in [0.15, 0.2) is 0 Å². The zero-order valence-electron chi connectivity index (χ0n) is 9.81. The van der Waals surface area contributed by atoms with E-state index in [-0.39, 0.29) is 25.1 Å². The lowest BCUT2D eigenvalue weighted by atomic mass is 10.2. The molecule has 0 radical (unpaired) electrons. The number of carboxylic acid groups (broad SMARTS) is 1. The van der Waals surface area contributed by atoms with Gasteiger partial charge in [0.15, 0.2) is 0 Å². The number of ether oxygens (including phenoxy) is 1. The second-order valence-corrected chi connectivity index (χ2v) is 3.51. The quantitative estimate of drug-likeness (QED) is 0.559. The number of hydrogen-bond donors (Lipinski definition) is 2. The highest BCUT2D eigenvalue weighted by molar-refractivity contribution is 5.82. The standard InChI is InChI=1S/C10H20N2O4/c1-3-8(2)12(6-10(14)15)9(13)7-16-5-4-11/h8H,3-7,11H2,1-2H3,(H,14,15). The summed E-state index contributed by atoms with van der Waals surface area (Å²) in [5, 5.41) is 8.69. The number of rotatable bonds is 8. The number of nitrogens with zero attached hydrogens (tertiary/aromatic N) is 1. The average molecular weight is 232 g/mol. The molecule has 6 nitrogen and oxygen atoms in total. The van der Waals surface area contributed by atoms with E-state index in [0.717, 1.165) is 0 Å². The van der Waals surface area contributed by atoms with E-state index in [1.807, 2.05) is 13.8 Å². The molecule has 3 N–H and O–H groups in total. The smallest absolute Gasteiger partial charge is 0.323 e. The minimum atomic E-state index is -1.02. The molecule has 0 aromatic rings. The van der Waals surface area contributed by atoms with E-state index in [1.165, 1.54) is 4.90 Å².